The minimum absolute atomic E-state index is 0. The molecular formula is C10H18LiN2. The summed E-state index contributed by atoms with van der Waals surface area (Å²) < 4.78 is 0. The maximum Gasteiger partial charge on any atom is 0.126 e. The van der Waals surface area contributed by atoms with Crippen LogP contribution >= 0.6 is 0 Å². The SMILES string of the molecule is CC1=NC(C)(C)N(C)C(C)=C1C.[Li]. The summed E-state index contributed by atoms with van der Waals surface area (Å²) >= 11 is 0. The van der Waals surface area contributed by atoms with Gasteiger partial charge in [0.25, 0.3) is 0 Å². The first-order valence-electron chi connectivity index (χ1n) is 4.34. The molecule has 3 heteroatoms. The monoisotopic (exact) mass is 173 g/mol. The van der Waals surface area contributed by atoms with Gasteiger partial charge in [-0.3, -0.25) is 4.99 Å². The minimum Gasteiger partial charge on any atom is -0.354 e. The quantitative estimate of drug-likeness (QED) is 0.512. The first-order valence-corrected chi connectivity index (χ1v) is 4.34. The molecule has 2 nitrogen and oxygen atoms in total. The van der Waals surface area contributed by atoms with Gasteiger partial charge in [-0.15, -0.1) is 0 Å². The van der Waals surface area contributed by atoms with Crippen molar-refractivity contribution in [1.82, 2.24) is 4.90 Å². The summed E-state index contributed by atoms with van der Waals surface area (Å²) in [5.74, 6) is 0. The predicted molar refractivity (Wildman–Crippen MR) is 59.1 cm³/mol. The van der Waals surface area contributed by atoms with Crippen LogP contribution < -0.4 is 0 Å². The van der Waals surface area contributed by atoms with Gasteiger partial charge >= 0.3 is 0 Å². The molecule has 69 valence electrons. The number of allylic oxidation sites excluding steroid dienone is 2. The van der Waals surface area contributed by atoms with E-state index in [0.29, 0.717) is 0 Å². The molecule has 1 aliphatic rings. The molecule has 0 aromatic heterocycles. The van der Waals surface area contributed by atoms with Crippen molar-refractivity contribution >= 4 is 24.6 Å². The fraction of sp³-hybridized carbons (Fsp3) is 0.700. The summed E-state index contributed by atoms with van der Waals surface area (Å²) in [7, 11) is 2.09. The van der Waals surface area contributed by atoms with Crippen LogP contribution in [0.1, 0.15) is 34.6 Å². The Balaban J connectivity index is 0.00000144. The normalized spacial score (nSPS) is 21.1. The van der Waals surface area contributed by atoms with Crippen LogP contribution in [0.25, 0.3) is 0 Å². The third-order valence-electron chi connectivity index (χ3n) is 2.85. The zero-order valence-corrected chi connectivity index (χ0v) is 9.89. The molecule has 0 atom stereocenters. The topological polar surface area (TPSA) is 15.6 Å². The molecule has 13 heavy (non-hydrogen) atoms. The van der Waals surface area contributed by atoms with E-state index in [9.17, 15) is 0 Å². The molecule has 0 amide bonds. The smallest absolute Gasteiger partial charge is 0.126 e. The Morgan fingerprint density at radius 2 is 1.62 bits per heavy atom. The molecule has 0 aliphatic carbocycles. The van der Waals surface area contributed by atoms with E-state index >= 15 is 0 Å². The van der Waals surface area contributed by atoms with Crippen LogP contribution in [0.15, 0.2) is 16.3 Å². The van der Waals surface area contributed by atoms with Crippen LogP contribution in [-0.4, -0.2) is 42.2 Å². The van der Waals surface area contributed by atoms with Crippen LogP contribution in [0.4, 0.5) is 0 Å². The Kier molecular flexibility index (Phi) is 3.84. The average molecular weight is 173 g/mol. The maximum absolute atomic E-state index is 4.61. The Labute approximate surface area is 93.3 Å². The minimum atomic E-state index is -0.0757. The molecule has 1 radical (unpaired) electrons. The largest absolute Gasteiger partial charge is 0.354 e. The van der Waals surface area contributed by atoms with Gasteiger partial charge in [0.05, 0.1) is 0 Å². The van der Waals surface area contributed by atoms with Crippen molar-refractivity contribution in [1.29, 1.82) is 0 Å². The van der Waals surface area contributed by atoms with E-state index in [1.54, 1.807) is 0 Å². The van der Waals surface area contributed by atoms with Crippen LogP contribution in [0.3, 0.4) is 0 Å². The zero-order valence-electron chi connectivity index (χ0n) is 9.89. The second-order valence-corrected chi connectivity index (χ2v) is 3.96. The van der Waals surface area contributed by atoms with Crippen LogP contribution in [0, 0.1) is 0 Å². The molecule has 0 saturated carbocycles. The molecule has 0 spiro atoms. The summed E-state index contributed by atoms with van der Waals surface area (Å²) in [6.07, 6.45) is 0. The fourth-order valence-corrected chi connectivity index (χ4v) is 1.49. The van der Waals surface area contributed by atoms with Gasteiger partial charge in [-0.2, -0.15) is 0 Å². The third kappa shape index (κ3) is 2.18. The first kappa shape index (κ1) is 12.8. The summed E-state index contributed by atoms with van der Waals surface area (Å²) in [5, 5.41) is 0. The van der Waals surface area contributed by atoms with Crippen molar-refractivity contribution in [3.05, 3.63) is 11.3 Å². The summed E-state index contributed by atoms with van der Waals surface area (Å²) in [4.78, 5) is 6.83. The second kappa shape index (κ2) is 3.90. The summed E-state index contributed by atoms with van der Waals surface area (Å²) in [5.41, 5.74) is 3.72. The summed E-state index contributed by atoms with van der Waals surface area (Å²) in [6.45, 7) is 10.6. The second-order valence-electron chi connectivity index (χ2n) is 3.96. The molecule has 0 aromatic rings. The van der Waals surface area contributed by atoms with Crippen LogP contribution in [-0.2, 0) is 0 Å². The van der Waals surface area contributed by atoms with E-state index in [2.05, 4.69) is 51.6 Å². The standard InChI is InChI=1S/C10H18N2.Li/c1-7-8(2)11-10(4,5)12(6)9(7)3;/h1-6H3;. The number of hydrogen-bond donors (Lipinski definition) is 0. The van der Waals surface area contributed by atoms with Crippen molar-refractivity contribution in [2.75, 3.05) is 7.05 Å². The number of rotatable bonds is 0. The van der Waals surface area contributed by atoms with Gasteiger partial charge < -0.3 is 4.90 Å². The molecule has 0 N–H and O–H groups in total. The molecule has 0 aromatic carbocycles. The Morgan fingerprint density at radius 3 is 2.08 bits per heavy atom. The predicted octanol–water partition coefficient (Wildman–Crippen LogP) is 2.04. The molecular weight excluding hydrogens is 155 g/mol. The van der Waals surface area contributed by atoms with E-state index in [-0.39, 0.29) is 24.5 Å². The van der Waals surface area contributed by atoms with E-state index in [1.807, 2.05) is 0 Å². The van der Waals surface area contributed by atoms with Crippen molar-refractivity contribution in [2.45, 2.75) is 40.3 Å². The van der Waals surface area contributed by atoms with Gasteiger partial charge in [-0.25, -0.2) is 0 Å². The Morgan fingerprint density at radius 1 is 1.15 bits per heavy atom. The zero-order chi connectivity index (χ0) is 9.52. The van der Waals surface area contributed by atoms with Gasteiger partial charge in [0.15, 0.2) is 0 Å². The van der Waals surface area contributed by atoms with Crippen molar-refractivity contribution < 1.29 is 0 Å². The maximum atomic E-state index is 4.61. The first-order chi connectivity index (χ1) is 5.36. The van der Waals surface area contributed by atoms with Crippen molar-refractivity contribution in [3.63, 3.8) is 0 Å². The van der Waals surface area contributed by atoms with Gasteiger partial charge in [0.2, 0.25) is 0 Å². The van der Waals surface area contributed by atoms with Crippen molar-refractivity contribution in [3.8, 4) is 0 Å². The van der Waals surface area contributed by atoms with E-state index in [4.69, 9.17) is 0 Å². The number of nitrogens with zero attached hydrogens (tertiary/aromatic N) is 2. The number of hydrogen-bond acceptors (Lipinski definition) is 2. The average Bonchev–Trinajstić information content (AvgIpc) is 1.97. The molecule has 1 heterocycles. The van der Waals surface area contributed by atoms with Gasteiger partial charge in [0.1, 0.15) is 5.66 Å². The van der Waals surface area contributed by atoms with Crippen LogP contribution in [0.5, 0.6) is 0 Å². The van der Waals surface area contributed by atoms with Gasteiger partial charge in [0, 0.05) is 37.3 Å². The molecule has 0 unspecified atom stereocenters. The molecule has 0 bridgehead atoms. The fourth-order valence-electron chi connectivity index (χ4n) is 1.49. The van der Waals surface area contributed by atoms with E-state index in [1.165, 1.54) is 11.3 Å². The third-order valence-corrected chi connectivity index (χ3v) is 2.85. The molecule has 0 fully saturated rings. The van der Waals surface area contributed by atoms with Crippen molar-refractivity contribution in [2.24, 2.45) is 4.99 Å². The van der Waals surface area contributed by atoms with Gasteiger partial charge in [-0.1, -0.05) is 0 Å². The summed E-state index contributed by atoms with van der Waals surface area (Å²) in [6, 6.07) is 0. The Hall–Kier alpha value is -0.193. The molecule has 1 aliphatic heterocycles. The molecule has 0 saturated heterocycles. The van der Waals surface area contributed by atoms with Crippen LogP contribution in [0.2, 0.25) is 0 Å². The number of aliphatic imine (C=N–C) groups is 1. The van der Waals surface area contributed by atoms with E-state index < -0.39 is 0 Å². The van der Waals surface area contributed by atoms with Gasteiger partial charge in [-0.05, 0) is 40.2 Å². The Bertz CT molecular complexity index is 264. The molecule has 1 rings (SSSR count). The van der Waals surface area contributed by atoms with E-state index in [0.717, 1.165) is 5.71 Å².